The van der Waals surface area contributed by atoms with Gasteiger partial charge >= 0.3 is 0 Å². The van der Waals surface area contributed by atoms with Crippen molar-refractivity contribution in [2.45, 2.75) is 37.4 Å². The van der Waals surface area contributed by atoms with Gasteiger partial charge in [-0.05, 0) is 44.0 Å². The molecule has 0 N–H and O–H groups in total. The number of para-hydroxylation sites is 2. The lowest BCUT2D eigenvalue weighted by molar-refractivity contribution is 0.265. The van der Waals surface area contributed by atoms with Gasteiger partial charge in [0, 0.05) is 13.1 Å². The first-order valence-corrected chi connectivity index (χ1v) is 10.1. The van der Waals surface area contributed by atoms with Crippen LogP contribution in [-0.4, -0.2) is 38.5 Å². The first kappa shape index (κ1) is 16.5. The first-order valence-electron chi connectivity index (χ1n) is 8.63. The average molecular weight is 362 g/mol. The average Bonchev–Trinajstić information content (AvgIpc) is 3.29. The second-order valence-corrected chi connectivity index (χ2v) is 8.46. The Kier molecular flexibility index (Phi) is 4.21. The molecule has 0 aliphatic carbocycles. The van der Waals surface area contributed by atoms with Crippen LogP contribution in [-0.2, 0) is 16.6 Å². The molecule has 0 radical (unpaired) electrons. The Morgan fingerprint density at radius 1 is 1.12 bits per heavy atom. The highest BCUT2D eigenvalue weighted by Crippen LogP contribution is 2.35. The monoisotopic (exact) mass is 362 g/mol. The van der Waals surface area contributed by atoms with Crippen molar-refractivity contribution in [2.24, 2.45) is 0 Å². The van der Waals surface area contributed by atoms with E-state index in [1.54, 1.807) is 12.1 Å². The van der Waals surface area contributed by atoms with Gasteiger partial charge in [-0.3, -0.25) is 0 Å². The van der Waals surface area contributed by atoms with Gasteiger partial charge < -0.3 is 14.1 Å². The molecule has 2 aliphatic rings. The highest BCUT2D eigenvalue weighted by atomic mass is 32.2. The molecule has 1 atom stereocenters. The van der Waals surface area contributed by atoms with Gasteiger partial charge in [-0.15, -0.1) is 0 Å². The van der Waals surface area contributed by atoms with Gasteiger partial charge in [0.1, 0.15) is 18.1 Å². The molecule has 25 heavy (non-hydrogen) atoms. The molecule has 4 rings (SSSR count). The van der Waals surface area contributed by atoms with Crippen molar-refractivity contribution in [2.75, 3.05) is 24.6 Å². The van der Waals surface area contributed by atoms with Crippen molar-refractivity contribution in [3.63, 3.8) is 0 Å². The Morgan fingerprint density at radius 2 is 1.88 bits per heavy atom. The van der Waals surface area contributed by atoms with Crippen molar-refractivity contribution in [1.29, 1.82) is 0 Å². The third kappa shape index (κ3) is 3.02. The zero-order valence-electron chi connectivity index (χ0n) is 14.2. The predicted octanol–water partition coefficient (Wildman–Crippen LogP) is 2.85. The molecule has 6 nitrogen and oxygen atoms in total. The SMILES string of the molecule is CC1COc2ccccc2N1Cc1ccc(S(=O)(=O)N2CCCC2)o1. The maximum absolute atomic E-state index is 12.6. The summed E-state index contributed by atoms with van der Waals surface area (Å²) in [7, 11) is -3.51. The molecule has 0 amide bonds. The van der Waals surface area contributed by atoms with E-state index in [9.17, 15) is 8.42 Å². The number of hydrogen-bond donors (Lipinski definition) is 0. The molecule has 3 heterocycles. The topological polar surface area (TPSA) is 63.0 Å². The molecule has 1 saturated heterocycles. The number of ether oxygens (including phenoxy) is 1. The number of nitrogens with zero attached hydrogens (tertiary/aromatic N) is 2. The van der Waals surface area contributed by atoms with E-state index in [1.807, 2.05) is 24.3 Å². The number of rotatable bonds is 4. The summed E-state index contributed by atoms with van der Waals surface area (Å²) in [5.74, 6) is 1.48. The summed E-state index contributed by atoms with van der Waals surface area (Å²) >= 11 is 0. The molecule has 1 fully saturated rings. The van der Waals surface area contributed by atoms with Gasteiger partial charge in [0.15, 0.2) is 0 Å². The molecule has 0 saturated carbocycles. The van der Waals surface area contributed by atoms with Crippen LogP contribution in [0, 0.1) is 0 Å². The number of sulfonamides is 1. The zero-order valence-corrected chi connectivity index (χ0v) is 15.0. The van der Waals surface area contributed by atoms with Crippen LogP contribution in [0.3, 0.4) is 0 Å². The van der Waals surface area contributed by atoms with E-state index >= 15 is 0 Å². The molecular formula is C18H22N2O4S. The van der Waals surface area contributed by atoms with Crippen molar-refractivity contribution in [3.8, 4) is 5.75 Å². The van der Waals surface area contributed by atoms with Crippen LogP contribution in [0.25, 0.3) is 0 Å². The fourth-order valence-electron chi connectivity index (χ4n) is 3.40. The number of benzene rings is 1. The quantitative estimate of drug-likeness (QED) is 0.837. The number of furan rings is 1. The van der Waals surface area contributed by atoms with Crippen LogP contribution in [0.2, 0.25) is 0 Å². The van der Waals surface area contributed by atoms with Gasteiger partial charge in [0.25, 0.3) is 10.0 Å². The standard InChI is InChI=1S/C18H22N2O4S/c1-14-13-23-17-7-3-2-6-16(17)20(14)12-15-8-9-18(24-15)25(21,22)19-10-4-5-11-19/h2-3,6-9,14H,4-5,10-13H2,1H3. The third-order valence-corrected chi connectivity index (χ3v) is 6.58. The van der Waals surface area contributed by atoms with E-state index < -0.39 is 10.0 Å². The molecule has 0 spiro atoms. The van der Waals surface area contributed by atoms with E-state index in [2.05, 4.69) is 11.8 Å². The molecule has 134 valence electrons. The summed E-state index contributed by atoms with van der Waals surface area (Å²) in [5.41, 5.74) is 1.00. The first-order chi connectivity index (χ1) is 12.1. The van der Waals surface area contributed by atoms with Crippen LogP contribution >= 0.6 is 0 Å². The fraction of sp³-hybridized carbons (Fsp3) is 0.444. The third-order valence-electron chi connectivity index (χ3n) is 4.81. The fourth-order valence-corrected chi connectivity index (χ4v) is 4.85. The predicted molar refractivity (Wildman–Crippen MR) is 94.3 cm³/mol. The summed E-state index contributed by atoms with van der Waals surface area (Å²) in [6.45, 7) is 4.34. The Bertz CT molecular complexity index is 855. The van der Waals surface area contributed by atoms with Crippen LogP contribution in [0.5, 0.6) is 5.75 Å². The minimum Gasteiger partial charge on any atom is -0.489 e. The Balaban J connectivity index is 1.57. The molecule has 0 bridgehead atoms. The Morgan fingerprint density at radius 3 is 2.68 bits per heavy atom. The largest absolute Gasteiger partial charge is 0.489 e. The minimum atomic E-state index is -3.51. The maximum atomic E-state index is 12.6. The molecule has 1 aromatic heterocycles. The van der Waals surface area contributed by atoms with E-state index in [4.69, 9.17) is 9.15 Å². The highest BCUT2D eigenvalue weighted by Gasteiger charge is 2.31. The Labute approximate surface area is 148 Å². The van der Waals surface area contributed by atoms with Crippen molar-refractivity contribution in [3.05, 3.63) is 42.2 Å². The van der Waals surface area contributed by atoms with Crippen molar-refractivity contribution >= 4 is 15.7 Å². The van der Waals surface area contributed by atoms with E-state index in [-0.39, 0.29) is 11.1 Å². The summed E-state index contributed by atoms with van der Waals surface area (Å²) in [6, 6.07) is 11.4. The molecule has 2 aromatic rings. The number of anilines is 1. The summed E-state index contributed by atoms with van der Waals surface area (Å²) in [5, 5.41) is 0.0404. The lowest BCUT2D eigenvalue weighted by Gasteiger charge is -2.36. The summed E-state index contributed by atoms with van der Waals surface area (Å²) < 4.78 is 38.2. The Hall–Kier alpha value is -1.99. The summed E-state index contributed by atoms with van der Waals surface area (Å²) in [4.78, 5) is 2.18. The van der Waals surface area contributed by atoms with Crippen molar-refractivity contribution < 1.29 is 17.6 Å². The minimum absolute atomic E-state index is 0.0404. The number of fused-ring (bicyclic) bond motifs is 1. The number of hydrogen-bond acceptors (Lipinski definition) is 5. The van der Waals surface area contributed by atoms with Gasteiger partial charge in [0.05, 0.1) is 18.3 Å². The van der Waals surface area contributed by atoms with Gasteiger partial charge in [-0.2, -0.15) is 4.31 Å². The smallest absolute Gasteiger partial charge is 0.276 e. The lowest BCUT2D eigenvalue weighted by Crippen LogP contribution is -2.40. The van der Waals surface area contributed by atoms with Crippen LogP contribution < -0.4 is 9.64 Å². The second-order valence-electron chi connectivity index (χ2n) is 6.59. The van der Waals surface area contributed by atoms with Crippen LogP contribution in [0.15, 0.2) is 45.9 Å². The molecule has 2 aliphatic heterocycles. The maximum Gasteiger partial charge on any atom is 0.276 e. The van der Waals surface area contributed by atoms with E-state index in [1.165, 1.54) is 4.31 Å². The zero-order chi connectivity index (χ0) is 17.4. The lowest BCUT2D eigenvalue weighted by atomic mass is 10.1. The molecular weight excluding hydrogens is 340 g/mol. The van der Waals surface area contributed by atoms with E-state index in [0.717, 1.165) is 24.3 Å². The van der Waals surface area contributed by atoms with Crippen molar-refractivity contribution in [1.82, 2.24) is 4.31 Å². The second kappa shape index (κ2) is 6.38. The molecule has 7 heteroatoms. The normalized spacial score (nSPS) is 21.2. The van der Waals surface area contributed by atoms with Gasteiger partial charge in [0.2, 0.25) is 5.09 Å². The van der Waals surface area contributed by atoms with Gasteiger partial charge in [-0.1, -0.05) is 12.1 Å². The van der Waals surface area contributed by atoms with Crippen LogP contribution in [0.1, 0.15) is 25.5 Å². The highest BCUT2D eigenvalue weighted by molar-refractivity contribution is 7.89. The van der Waals surface area contributed by atoms with Crippen LogP contribution in [0.4, 0.5) is 5.69 Å². The van der Waals surface area contributed by atoms with E-state index in [0.29, 0.717) is 32.0 Å². The van der Waals surface area contributed by atoms with Gasteiger partial charge in [-0.25, -0.2) is 8.42 Å². The molecule has 1 unspecified atom stereocenters. The molecule has 1 aromatic carbocycles. The summed E-state index contributed by atoms with van der Waals surface area (Å²) in [6.07, 6.45) is 1.82.